The smallest absolute Gasteiger partial charge is 0.410 e. The van der Waals surface area contributed by atoms with Crippen molar-refractivity contribution in [3.05, 3.63) is 12.2 Å². The Hall–Kier alpha value is -1.03. The highest BCUT2D eigenvalue weighted by Gasteiger charge is 2.21. The molecule has 1 rings (SSSR count). The van der Waals surface area contributed by atoms with Gasteiger partial charge >= 0.3 is 6.09 Å². The summed E-state index contributed by atoms with van der Waals surface area (Å²) in [7, 11) is 0. The highest BCUT2D eigenvalue weighted by molar-refractivity contribution is 5.68. The molecule has 4 heteroatoms. The topological polar surface area (TPSA) is 41.6 Å². The SMILES string of the molecule is CCCN(CCNCC1CC=CCC1)C(=O)OC(C)(C)C. The maximum atomic E-state index is 12.1. The van der Waals surface area contributed by atoms with Crippen LogP contribution in [0.25, 0.3) is 0 Å². The molecule has 0 saturated carbocycles. The van der Waals surface area contributed by atoms with E-state index in [1.807, 2.05) is 20.8 Å². The number of amides is 1. The van der Waals surface area contributed by atoms with E-state index in [-0.39, 0.29) is 6.09 Å². The average molecular weight is 296 g/mol. The van der Waals surface area contributed by atoms with Crippen LogP contribution in [0, 0.1) is 5.92 Å². The molecule has 0 saturated heterocycles. The largest absolute Gasteiger partial charge is 0.444 e. The molecule has 21 heavy (non-hydrogen) atoms. The van der Waals surface area contributed by atoms with Crippen LogP contribution in [0.2, 0.25) is 0 Å². The van der Waals surface area contributed by atoms with Gasteiger partial charge in [-0.1, -0.05) is 19.1 Å². The minimum Gasteiger partial charge on any atom is -0.444 e. The van der Waals surface area contributed by atoms with Crippen molar-refractivity contribution >= 4 is 6.09 Å². The van der Waals surface area contributed by atoms with Crippen LogP contribution in [0.3, 0.4) is 0 Å². The second kappa shape index (κ2) is 9.08. The molecule has 0 fully saturated rings. The van der Waals surface area contributed by atoms with E-state index in [1.54, 1.807) is 4.90 Å². The third-order valence-corrected chi connectivity index (χ3v) is 3.51. The molecule has 0 spiro atoms. The summed E-state index contributed by atoms with van der Waals surface area (Å²) in [4.78, 5) is 13.9. The third kappa shape index (κ3) is 8.10. The summed E-state index contributed by atoms with van der Waals surface area (Å²) in [5.74, 6) is 0.746. The molecule has 4 nitrogen and oxygen atoms in total. The zero-order valence-electron chi connectivity index (χ0n) is 14.2. The van der Waals surface area contributed by atoms with Crippen LogP contribution in [0.5, 0.6) is 0 Å². The Morgan fingerprint density at radius 3 is 2.67 bits per heavy atom. The van der Waals surface area contributed by atoms with Crippen LogP contribution >= 0.6 is 0 Å². The normalized spacial score (nSPS) is 18.6. The maximum absolute atomic E-state index is 12.1. The molecule has 0 radical (unpaired) electrons. The van der Waals surface area contributed by atoms with Crippen LogP contribution in [-0.2, 0) is 4.74 Å². The summed E-state index contributed by atoms with van der Waals surface area (Å²) in [5.41, 5.74) is -0.426. The van der Waals surface area contributed by atoms with Gasteiger partial charge in [-0.3, -0.25) is 0 Å². The fourth-order valence-electron chi connectivity index (χ4n) is 2.45. The van der Waals surface area contributed by atoms with E-state index in [0.29, 0.717) is 6.54 Å². The third-order valence-electron chi connectivity index (χ3n) is 3.51. The van der Waals surface area contributed by atoms with Gasteiger partial charge in [0.15, 0.2) is 0 Å². The van der Waals surface area contributed by atoms with Gasteiger partial charge in [0.05, 0.1) is 0 Å². The molecule has 0 aromatic carbocycles. The summed E-state index contributed by atoms with van der Waals surface area (Å²) < 4.78 is 5.45. The molecule has 1 N–H and O–H groups in total. The fraction of sp³-hybridized carbons (Fsp3) is 0.824. The van der Waals surface area contributed by atoms with E-state index in [0.717, 1.165) is 32.0 Å². The van der Waals surface area contributed by atoms with Crippen molar-refractivity contribution in [1.29, 1.82) is 0 Å². The lowest BCUT2D eigenvalue weighted by Gasteiger charge is -2.27. The summed E-state index contributed by atoms with van der Waals surface area (Å²) in [6.45, 7) is 11.1. The number of nitrogens with zero attached hydrogens (tertiary/aromatic N) is 1. The molecule has 0 heterocycles. The van der Waals surface area contributed by atoms with Crippen LogP contribution in [-0.4, -0.2) is 42.8 Å². The molecule has 1 amide bonds. The highest BCUT2D eigenvalue weighted by atomic mass is 16.6. The van der Waals surface area contributed by atoms with E-state index in [2.05, 4.69) is 24.4 Å². The quantitative estimate of drug-likeness (QED) is 0.577. The van der Waals surface area contributed by atoms with Crippen molar-refractivity contribution in [2.75, 3.05) is 26.2 Å². The Morgan fingerprint density at radius 2 is 2.10 bits per heavy atom. The minimum atomic E-state index is -0.426. The first-order valence-electron chi connectivity index (χ1n) is 8.26. The molecule has 0 bridgehead atoms. The van der Waals surface area contributed by atoms with Gasteiger partial charge in [-0.25, -0.2) is 4.79 Å². The Morgan fingerprint density at radius 1 is 1.33 bits per heavy atom. The first-order chi connectivity index (χ1) is 9.92. The Labute approximate surface area is 129 Å². The summed E-state index contributed by atoms with van der Waals surface area (Å²) in [5, 5.41) is 3.48. The highest BCUT2D eigenvalue weighted by Crippen LogP contribution is 2.16. The van der Waals surface area contributed by atoms with Gasteiger partial charge in [-0.2, -0.15) is 0 Å². The number of ether oxygens (including phenoxy) is 1. The zero-order valence-corrected chi connectivity index (χ0v) is 14.2. The molecule has 1 atom stereocenters. The Kier molecular flexibility index (Phi) is 7.79. The van der Waals surface area contributed by atoms with Crippen molar-refractivity contribution < 1.29 is 9.53 Å². The van der Waals surface area contributed by atoms with Gasteiger partial charge in [-0.15, -0.1) is 0 Å². The van der Waals surface area contributed by atoms with Gasteiger partial charge in [0, 0.05) is 19.6 Å². The fourth-order valence-corrected chi connectivity index (χ4v) is 2.45. The van der Waals surface area contributed by atoms with E-state index >= 15 is 0 Å². The molecule has 1 aliphatic carbocycles. The van der Waals surface area contributed by atoms with Crippen molar-refractivity contribution in [3.8, 4) is 0 Å². The number of hydrogen-bond acceptors (Lipinski definition) is 3. The van der Waals surface area contributed by atoms with Gasteiger partial charge in [0.1, 0.15) is 5.60 Å². The lowest BCUT2D eigenvalue weighted by molar-refractivity contribution is 0.0251. The summed E-state index contributed by atoms with van der Waals surface area (Å²) in [6, 6.07) is 0. The minimum absolute atomic E-state index is 0.202. The van der Waals surface area contributed by atoms with Crippen LogP contribution in [0.1, 0.15) is 53.4 Å². The molecule has 1 aliphatic rings. The van der Waals surface area contributed by atoms with Crippen LogP contribution < -0.4 is 5.32 Å². The van der Waals surface area contributed by atoms with E-state index < -0.39 is 5.60 Å². The monoisotopic (exact) mass is 296 g/mol. The molecular formula is C17H32N2O2. The second-order valence-corrected chi connectivity index (χ2v) is 6.82. The summed E-state index contributed by atoms with van der Waals surface area (Å²) in [6.07, 6.45) is 8.94. The van der Waals surface area contributed by atoms with E-state index in [4.69, 9.17) is 4.74 Å². The van der Waals surface area contributed by atoms with Gasteiger partial charge in [-0.05, 0) is 58.9 Å². The molecule has 0 aromatic rings. The Bertz CT molecular complexity index is 334. The molecule has 0 aliphatic heterocycles. The Balaban J connectivity index is 2.26. The number of rotatable bonds is 7. The predicted molar refractivity (Wildman–Crippen MR) is 87.4 cm³/mol. The number of carbonyl (C=O) groups excluding carboxylic acids is 1. The van der Waals surface area contributed by atoms with Gasteiger partial charge < -0.3 is 15.0 Å². The molecule has 122 valence electrons. The predicted octanol–water partition coefficient (Wildman–Crippen LogP) is 3.58. The van der Waals surface area contributed by atoms with Crippen molar-refractivity contribution in [3.63, 3.8) is 0 Å². The van der Waals surface area contributed by atoms with E-state index in [9.17, 15) is 4.79 Å². The van der Waals surface area contributed by atoms with Crippen molar-refractivity contribution in [2.45, 2.75) is 59.0 Å². The van der Waals surface area contributed by atoms with Gasteiger partial charge in [0.2, 0.25) is 0 Å². The molecular weight excluding hydrogens is 264 g/mol. The standard InChI is InChI=1S/C17H32N2O2/c1-5-12-19(16(20)21-17(2,3)4)13-11-18-14-15-9-7-6-8-10-15/h6-7,15,18H,5,8-14H2,1-4H3. The van der Waals surface area contributed by atoms with Crippen LogP contribution in [0.4, 0.5) is 4.79 Å². The number of carbonyl (C=O) groups is 1. The number of hydrogen-bond donors (Lipinski definition) is 1. The number of allylic oxidation sites excluding steroid dienone is 2. The maximum Gasteiger partial charge on any atom is 0.410 e. The first-order valence-corrected chi connectivity index (χ1v) is 8.26. The zero-order chi connectivity index (χ0) is 15.7. The first kappa shape index (κ1) is 18.0. The van der Waals surface area contributed by atoms with Gasteiger partial charge in [0.25, 0.3) is 0 Å². The number of nitrogens with one attached hydrogen (secondary N) is 1. The molecule has 1 unspecified atom stereocenters. The second-order valence-electron chi connectivity index (χ2n) is 6.82. The van der Waals surface area contributed by atoms with E-state index in [1.165, 1.54) is 19.3 Å². The van der Waals surface area contributed by atoms with Crippen molar-refractivity contribution in [1.82, 2.24) is 10.2 Å². The van der Waals surface area contributed by atoms with Crippen LogP contribution in [0.15, 0.2) is 12.2 Å². The van der Waals surface area contributed by atoms with Crippen molar-refractivity contribution in [2.24, 2.45) is 5.92 Å². The molecule has 0 aromatic heterocycles. The average Bonchev–Trinajstić information content (AvgIpc) is 2.41. The lowest BCUT2D eigenvalue weighted by Crippen LogP contribution is -2.41. The summed E-state index contributed by atoms with van der Waals surface area (Å²) >= 11 is 0. The lowest BCUT2D eigenvalue weighted by atomic mass is 9.94.